The first-order chi connectivity index (χ1) is 15.4. The molecule has 0 aliphatic heterocycles. The van der Waals surface area contributed by atoms with Gasteiger partial charge in [0.15, 0.2) is 11.4 Å². The van der Waals surface area contributed by atoms with Crippen LogP contribution in [0, 0.1) is 4.78 Å². The Balaban J connectivity index is 2.03. The molecule has 0 spiro atoms. The molecule has 174 valence electrons. The van der Waals surface area contributed by atoms with Crippen LogP contribution in [-0.4, -0.2) is 40.7 Å². The minimum Gasteiger partial charge on any atom is -0.435 e. The fraction of sp³-hybridized carbons (Fsp3) is 0.190. The molecule has 1 aromatic heterocycles. The maximum Gasteiger partial charge on any atom is 0.435 e. The number of hydrogen-bond acceptors (Lipinski definition) is 7. The summed E-state index contributed by atoms with van der Waals surface area (Å²) >= 11 is 0. The Morgan fingerprint density at radius 2 is 1.79 bits per heavy atom. The molecule has 8 nitrogen and oxygen atoms in total. The lowest BCUT2D eigenvalue weighted by molar-refractivity contribution is -0.141. The zero-order valence-electron chi connectivity index (χ0n) is 17.8. The summed E-state index contributed by atoms with van der Waals surface area (Å²) < 4.78 is 65.1. The fourth-order valence-electron chi connectivity index (χ4n) is 2.79. The van der Waals surface area contributed by atoms with Gasteiger partial charge in [0.25, 0.3) is 11.8 Å². The van der Waals surface area contributed by atoms with Gasteiger partial charge in [0.05, 0.1) is 15.4 Å². The van der Waals surface area contributed by atoms with Crippen LogP contribution >= 0.6 is 0 Å². The Kier molecular flexibility index (Phi) is 6.58. The van der Waals surface area contributed by atoms with Gasteiger partial charge in [-0.3, -0.25) is 4.79 Å². The number of carbonyl (C=O) groups excluding carboxylic acids is 1. The highest BCUT2D eigenvalue weighted by molar-refractivity contribution is 7.91. The molecule has 1 amide bonds. The van der Waals surface area contributed by atoms with Gasteiger partial charge < -0.3 is 15.0 Å². The summed E-state index contributed by atoms with van der Waals surface area (Å²) in [6.07, 6.45) is -3.62. The molecule has 12 heteroatoms. The molecule has 0 saturated carbocycles. The van der Waals surface area contributed by atoms with Crippen LogP contribution in [0.3, 0.4) is 0 Å². The first kappa shape index (κ1) is 24.0. The van der Waals surface area contributed by atoms with Gasteiger partial charge in [-0.25, -0.2) is 8.99 Å². The summed E-state index contributed by atoms with van der Waals surface area (Å²) in [5.74, 6) is -1.12. The zero-order chi connectivity index (χ0) is 24.4. The Morgan fingerprint density at radius 3 is 2.42 bits per heavy atom. The number of anilines is 2. The summed E-state index contributed by atoms with van der Waals surface area (Å²) in [6.45, 7) is 0. The van der Waals surface area contributed by atoms with Crippen molar-refractivity contribution in [1.82, 2.24) is 10.2 Å². The van der Waals surface area contributed by atoms with Gasteiger partial charge >= 0.3 is 6.18 Å². The largest absolute Gasteiger partial charge is 0.435 e. The fourth-order valence-corrected chi connectivity index (χ4v) is 3.48. The standard InChI is InChI=1S/C21H20F3N5O3S/c1-29(2)16-9-4-5-10-17(16)32-20-15(12-18(27-28-20)21(22,23)24)19(30)26-13-7-6-8-14(11-13)33(3,25)31/h4-12,25H,1-3H3,(H,26,30). The average molecular weight is 479 g/mol. The van der Waals surface area contributed by atoms with E-state index in [1.165, 1.54) is 30.5 Å². The SMILES string of the molecule is CN(C)c1ccccc1Oc1nnc(C(F)(F)F)cc1C(=O)Nc1cccc(S(C)(=N)=O)c1. The van der Waals surface area contributed by atoms with Crippen LogP contribution in [0.1, 0.15) is 16.1 Å². The minimum absolute atomic E-state index is 0.143. The van der Waals surface area contributed by atoms with Crippen molar-refractivity contribution in [2.75, 3.05) is 30.6 Å². The summed E-state index contributed by atoms with van der Waals surface area (Å²) in [4.78, 5) is 14.8. The lowest BCUT2D eigenvalue weighted by Crippen LogP contribution is -2.18. The third kappa shape index (κ3) is 5.77. The molecule has 0 aliphatic rings. The maximum atomic E-state index is 13.2. The Bertz CT molecular complexity index is 1290. The number of rotatable bonds is 6. The highest BCUT2D eigenvalue weighted by atomic mass is 32.2. The third-order valence-electron chi connectivity index (χ3n) is 4.39. The van der Waals surface area contributed by atoms with Gasteiger partial charge in [0, 0.05) is 30.9 Å². The lowest BCUT2D eigenvalue weighted by Gasteiger charge is -2.18. The van der Waals surface area contributed by atoms with Crippen molar-refractivity contribution in [3.8, 4) is 11.6 Å². The number of halogens is 3. The van der Waals surface area contributed by atoms with Crippen LogP contribution in [0.15, 0.2) is 59.5 Å². The van der Waals surface area contributed by atoms with E-state index in [9.17, 15) is 22.2 Å². The highest BCUT2D eigenvalue weighted by Crippen LogP contribution is 2.34. The van der Waals surface area contributed by atoms with Gasteiger partial charge in [-0.2, -0.15) is 13.2 Å². The Labute approximate surface area is 188 Å². The van der Waals surface area contributed by atoms with Gasteiger partial charge in [0.2, 0.25) is 0 Å². The van der Waals surface area contributed by atoms with Gasteiger partial charge in [0.1, 0.15) is 5.56 Å². The number of ether oxygens (including phenoxy) is 1. The third-order valence-corrected chi connectivity index (χ3v) is 5.54. The number of para-hydroxylation sites is 2. The molecule has 1 unspecified atom stereocenters. The van der Waals surface area contributed by atoms with Crippen LogP contribution < -0.4 is 15.0 Å². The summed E-state index contributed by atoms with van der Waals surface area (Å²) in [5.41, 5.74) is -1.12. The minimum atomic E-state index is -4.83. The van der Waals surface area contributed by atoms with E-state index in [0.717, 1.165) is 0 Å². The summed E-state index contributed by atoms with van der Waals surface area (Å²) in [6, 6.07) is 12.9. The molecular weight excluding hydrogens is 459 g/mol. The van der Waals surface area contributed by atoms with Gasteiger partial charge in [-0.05, 0) is 36.4 Å². The van der Waals surface area contributed by atoms with E-state index in [0.29, 0.717) is 11.8 Å². The number of nitrogens with zero attached hydrogens (tertiary/aromatic N) is 3. The number of amides is 1. The van der Waals surface area contributed by atoms with Crippen molar-refractivity contribution in [1.29, 1.82) is 4.78 Å². The molecule has 0 bridgehead atoms. The predicted octanol–water partition coefficient (Wildman–Crippen LogP) is 4.64. The van der Waals surface area contributed by atoms with Crippen LogP contribution in [0.25, 0.3) is 0 Å². The van der Waals surface area contributed by atoms with Crippen LogP contribution in [0.4, 0.5) is 24.5 Å². The molecule has 0 fully saturated rings. The monoisotopic (exact) mass is 479 g/mol. The number of aromatic nitrogens is 2. The lowest BCUT2D eigenvalue weighted by atomic mass is 10.2. The van der Waals surface area contributed by atoms with Crippen molar-refractivity contribution in [2.24, 2.45) is 0 Å². The zero-order valence-corrected chi connectivity index (χ0v) is 18.6. The number of nitrogens with one attached hydrogen (secondary N) is 2. The van der Waals surface area contributed by atoms with Crippen LogP contribution in [0.5, 0.6) is 11.6 Å². The molecule has 3 aromatic rings. The topological polar surface area (TPSA) is 108 Å². The second kappa shape index (κ2) is 9.06. The molecule has 2 aromatic carbocycles. The molecule has 0 saturated heterocycles. The van der Waals surface area contributed by atoms with E-state index < -0.39 is 38.9 Å². The summed E-state index contributed by atoms with van der Waals surface area (Å²) in [5, 5.41) is 9.11. The first-order valence-corrected chi connectivity index (χ1v) is 11.4. The molecule has 1 atom stereocenters. The van der Waals surface area contributed by atoms with Gasteiger partial charge in [-0.15, -0.1) is 10.2 Å². The Morgan fingerprint density at radius 1 is 1.09 bits per heavy atom. The molecular formula is C21H20F3N5O3S. The smallest absolute Gasteiger partial charge is 0.435 e. The number of alkyl halides is 3. The maximum absolute atomic E-state index is 13.2. The van der Waals surface area contributed by atoms with E-state index >= 15 is 0 Å². The number of carbonyl (C=O) groups is 1. The van der Waals surface area contributed by atoms with Crippen molar-refractivity contribution in [3.05, 3.63) is 65.9 Å². The molecule has 33 heavy (non-hydrogen) atoms. The van der Waals surface area contributed by atoms with Crippen molar-refractivity contribution < 1.29 is 26.9 Å². The van der Waals surface area contributed by atoms with E-state index in [1.807, 2.05) is 0 Å². The van der Waals surface area contributed by atoms with Gasteiger partial charge in [-0.1, -0.05) is 18.2 Å². The van der Waals surface area contributed by atoms with E-state index in [1.54, 1.807) is 43.3 Å². The molecule has 3 rings (SSSR count). The molecule has 1 heterocycles. The molecule has 2 N–H and O–H groups in total. The second-order valence-electron chi connectivity index (χ2n) is 7.24. The first-order valence-electron chi connectivity index (χ1n) is 9.40. The van der Waals surface area contributed by atoms with E-state index in [-0.39, 0.29) is 16.3 Å². The van der Waals surface area contributed by atoms with Crippen molar-refractivity contribution in [2.45, 2.75) is 11.1 Å². The Hall–Kier alpha value is -3.67. The van der Waals surface area contributed by atoms with Crippen LogP contribution in [-0.2, 0) is 15.9 Å². The predicted molar refractivity (Wildman–Crippen MR) is 117 cm³/mol. The van der Waals surface area contributed by atoms with Crippen LogP contribution in [0.2, 0.25) is 0 Å². The van der Waals surface area contributed by atoms with Crippen molar-refractivity contribution >= 4 is 27.0 Å². The second-order valence-corrected chi connectivity index (χ2v) is 9.39. The van der Waals surface area contributed by atoms with E-state index in [4.69, 9.17) is 9.52 Å². The quantitative estimate of drug-likeness (QED) is 0.533. The average Bonchev–Trinajstić information content (AvgIpc) is 2.73. The number of benzene rings is 2. The molecule has 0 aliphatic carbocycles. The summed E-state index contributed by atoms with van der Waals surface area (Å²) in [7, 11) is 0.433. The number of hydrogen-bond donors (Lipinski definition) is 2. The highest BCUT2D eigenvalue weighted by Gasteiger charge is 2.35. The normalized spacial score (nSPS) is 13.2. The van der Waals surface area contributed by atoms with E-state index in [2.05, 4.69) is 15.5 Å². The molecule has 0 radical (unpaired) electrons. The van der Waals surface area contributed by atoms with Crippen molar-refractivity contribution in [3.63, 3.8) is 0 Å².